The molecule has 1 heterocycles. The molecule has 0 aliphatic carbocycles. The highest BCUT2D eigenvalue weighted by molar-refractivity contribution is 5.50. The van der Waals surface area contributed by atoms with E-state index in [0.717, 1.165) is 25.5 Å². The summed E-state index contributed by atoms with van der Waals surface area (Å²) in [6.45, 7) is 4.48. The summed E-state index contributed by atoms with van der Waals surface area (Å²) in [4.78, 5) is 3.87. The first-order chi connectivity index (χ1) is 8.88. The first-order valence-electron chi connectivity index (χ1n) is 6.35. The van der Waals surface area contributed by atoms with Gasteiger partial charge in [-0.05, 0) is 44.4 Å². The highest BCUT2D eigenvalue weighted by Gasteiger charge is 2.33. The molecule has 0 aromatic carbocycles. The van der Waals surface area contributed by atoms with Crippen LogP contribution >= 0.6 is 0 Å². The maximum Gasteiger partial charge on any atom is 0.418 e. The van der Waals surface area contributed by atoms with E-state index in [4.69, 9.17) is 5.73 Å². The number of hydrogen-bond acceptors (Lipinski definition) is 3. The Morgan fingerprint density at radius 1 is 1.16 bits per heavy atom. The third-order valence-electron chi connectivity index (χ3n) is 3.12. The molecule has 108 valence electrons. The van der Waals surface area contributed by atoms with Crippen LogP contribution in [0.15, 0.2) is 6.20 Å². The number of unbranched alkanes of at least 4 members (excludes halogenated alkanes) is 2. The molecule has 0 atom stereocenters. The number of rotatable bonds is 6. The number of halogens is 3. The van der Waals surface area contributed by atoms with Crippen LogP contribution in [-0.4, -0.2) is 18.1 Å². The first kappa shape index (κ1) is 15.8. The van der Waals surface area contributed by atoms with Gasteiger partial charge in [0.05, 0.1) is 5.56 Å². The van der Waals surface area contributed by atoms with Crippen LogP contribution in [0.2, 0.25) is 0 Å². The second-order valence-electron chi connectivity index (χ2n) is 4.54. The van der Waals surface area contributed by atoms with Crippen molar-refractivity contribution in [2.24, 2.45) is 5.73 Å². The minimum absolute atomic E-state index is 0.229. The summed E-state index contributed by atoms with van der Waals surface area (Å²) in [7, 11) is 0. The van der Waals surface area contributed by atoms with Gasteiger partial charge in [0.15, 0.2) is 0 Å². The highest BCUT2D eigenvalue weighted by Crippen LogP contribution is 2.33. The van der Waals surface area contributed by atoms with Gasteiger partial charge in [0, 0.05) is 12.7 Å². The quantitative estimate of drug-likeness (QED) is 0.783. The molecule has 3 nitrogen and oxygen atoms in total. The summed E-state index contributed by atoms with van der Waals surface area (Å²) in [5, 5.41) is 3.07. The molecule has 0 unspecified atom stereocenters. The second-order valence-corrected chi connectivity index (χ2v) is 4.54. The molecule has 0 radical (unpaired) electrons. The van der Waals surface area contributed by atoms with E-state index in [0.29, 0.717) is 24.5 Å². The zero-order valence-corrected chi connectivity index (χ0v) is 11.3. The van der Waals surface area contributed by atoms with Crippen LogP contribution in [0.25, 0.3) is 0 Å². The van der Waals surface area contributed by atoms with Gasteiger partial charge in [-0.2, -0.15) is 13.2 Å². The molecule has 0 aliphatic heterocycles. The lowest BCUT2D eigenvalue weighted by atomic mass is 10.1. The fourth-order valence-electron chi connectivity index (χ4n) is 1.82. The normalized spacial score (nSPS) is 11.7. The Labute approximate surface area is 111 Å². The van der Waals surface area contributed by atoms with Crippen molar-refractivity contribution >= 4 is 5.82 Å². The van der Waals surface area contributed by atoms with Crippen molar-refractivity contribution in [2.75, 3.05) is 18.4 Å². The van der Waals surface area contributed by atoms with E-state index < -0.39 is 11.7 Å². The topological polar surface area (TPSA) is 50.9 Å². The molecule has 1 aromatic rings. The Kier molecular flexibility index (Phi) is 5.60. The lowest BCUT2D eigenvalue weighted by molar-refractivity contribution is -0.138. The number of nitrogens with one attached hydrogen (secondary N) is 1. The lowest BCUT2D eigenvalue weighted by Crippen LogP contribution is -2.12. The fraction of sp³-hybridized carbons (Fsp3) is 0.615. The van der Waals surface area contributed by atoms with Gasteiger partial charge in [-0.15, -0.1) is 0 Å². The molecule has 0 bridgehead atoms. The van der Waals surface area contributed by atoms with Crippen molar-refractivity contribution in [3.63, 3.8) is 0 Å². The van der Waals surface area contributed by atoms with Gasteiger partial charge >= 0.3 is 6.18 Å². The Morgan fingerprint density at radius 3 is 2.42 bits per heavy atom. The molecule has 19 heavy (non-hydrogen) atoms. The molecule has 0 saturated carbocycles. The summed E-state index contributed by atoms with van der Waals surface area (Å²) >= 11 is 0. The number of hydrogen-bond donors (Lipinski definition) is 2. The monoisotopic (exact) mass is 275 g/mol. The van der Waals surface area contributed by atoms with Gasteiger partial charge in [-0.3, -0.25) is 0 Å². The molecule has 0 fully saturated rings. The summed E-state index contributed by atoms with van der Waals surface area (Å²) in [6.07, 6.45) is -0.563. The van der Waals surface area contributed by atoms with E-state index in [-0.39, 0.29) is 5.56 Å². The molecule has 1 aromatic heterocycles. The summed E-state index contributed by atoms with van der Waals surface area (Å²) in [5.41, 5.74) is 5.49. The molecule has 0 spiro atoms. The van der Waals surface area contributed by atoms with Gasteiger partial charge in [-0.25, -0.2) is 4.98 Å². The van der Waals surface area contributed by atoms with Crippen LogP contribution in [0.1, 0.15) is 36.0 Å². The number of nitrogens with zero attached hydrogens (tertiary/aromatic N) is 1. The van der Waals surface area contributed by atoms with Gasteiger partial charge in [0.25, 0.3) is 0 Å². The van der Waals surface area contributed by atoms with Gasteiger partial charge < -0.3 is 11.1 Å². The van der Waals surface area contributed by atoms with E-state index in [1.807, 2.05) is 0 Å². The van der Waals surface area contributed by atoms with E-state index in [9.17, 15) is 13.2 Å². The molecule has 6 heteroatoms. The van der Waals surface area contributed by atoms with Crippen molar-refractivity contribution in [1.82, 2.24) is 4.98 Å². The van der Waals surface area contributed by atoms with Crippen LogP contribution in [0.3, 0.4) is 0 Å². The largest absolute Gasteiger partial charge is 0.418 e. The number of aromatic nitrogens is 1. The Bertz CT molecular complexity index is 416. The predicted octanol–water partition coefficient (Wildman–Crippen LogP) is 3.26. The average Bonchev–Trinajstić information content (AvgIpc) is 2.32. The van der Waals surface area contributed by atoms with Crippen molar-refractivity contribution in [1.29, 1.82) is 0 Å². The van der Waals surface area contributed by atoms with E-state index >= 15 is 0 Å². The Hall–Kier alpha value is -1.30. The second kappa shape index (κ2) is 6.75. The summed E-state index contributed by atoms with van der Waals surface area (Å²) < 4.78 is 38.0. The van der Waals surface area contributed by atoms with E-state index in [1.54, 1.807) is 6.92 Å². The van der Waals surface area contributed by atoms with Crippen LogP contribution in [-0.2, 0) is 6.18 Å². The number of pyridine rings is 1. The SMILES string of the molecule is Cc1c(C(F)(F)F)cnc(NCCCCCN)c1C. The predicted molar refractivity (Wildman–Crippen MR) is 70.1 cm³/mol. The van der Waals surface area contributed by atoms with Crippen molar-refractivity contribution in [3.8, 4) is 0 Å². The van der Waals surface area contributed by atoms with Crippen LogP contribution < -0.4 is 11.1 Å². The minimum atomic E-state index is -4.35. The fourth-order valence-corrected chi connectivity index (χ4v) is 1.82. The van der Waals surface area contributed by atoms with Crippen molar-refractivity contribution in [2.45, 2.75) is 39.3 Å². The molecule has 1 rings (SSSR count). The Balaban J connectivity index is 2.69. The maximum atomic E-state index is 12.7. The average molecular weight is 275 g/mol. The third-order valence-corrected chi connectivity index (χ3v) is 3.12. The third kappa shape index (κ3) is 4.38. The van der Waals surface area contributed by atoms with Gasteiger partial charge in [0.2, 0.25) is 0 Å². The standard InChI is InChI=1S/C13H20F3N3/c1-9-10(2)12(18-7-5-3-4-6-17)19-8-11(9)13(14,15)16/h8H,3-7,17H2,1-2H3,(H,18,19). The zero-order chi connectivity index (χ0) is 14.5. The Morgan fingerprint density at radius 2 is 1.84 bits per heavy atom. The molecule has 0 amide bonds. The number of alkyl halides is 3. The summed E-state index contributed by atoms with van der Waals surface area (Å²) in [6, 6.07) is 0. The molecular weight excluding hydrogens is 255 g/mol. The molecule has 0 saturated heterocycles. The summed E-state index contributed by atoms with van der Waals surface area (Å²) in [5.74, 6) is 0.526. The maximum absolute atomic E-state index is 12.7. The van der Waals surface area contributed by atoms with Crippen molar-refractivity contribution < 1.29 is 13.2 Å². The van der Waals surface area contributed by atoms with Crippen molar-refractivity contribution in [3.05, 3.63) is 22.9 Å². The van der Waals surface area contributed by atoms with Crippen LogP contribution in [0.5, 0.6) is 0 Å². The van der Waals surface area contributed by atoms with E-state index in [1.165, 1.54) is 6.92 Å². The number of anilines is 1. The van der Waals surface area contributed by atoms with Crippen LogP contribution in [0, 0.1) is 13.8 Å². The molecule has 0 aliphatic rings. The zero-order valence-electron chi connectivity index (χ0n) is 11.3. The smallest absolute Gasteiger partial charge is 0.370 e. The van der Waals surface area contributed by atoms with Gasteiger partial charge in [0.1, 0.15) is 5.82 Å². The molecule has 3 N–H and O–H groups in total. The lowest BCUT2D eigenvalue weighted by Gasteiger charge is -2.15. The van der Waals surface area contributed by atoms with E-state index in [2.05, 4.69) is 10.3 Å². The highest BCUT2D eigenvalue weighted by atomic mass is 19.4. The van der Waals surface area contributed by atoms with Crippen LogP contribution in [0.4, 0.5) is 19.0 Å². The minimum Gasteiger partial charge on any atom is -0.370 e. The first-order valence-corrected chi connectivity index (χ1v) is 6.35. The van der Waals surface area contributed by atoms with Gasteiger partial charge in [-0.1, -0.05) is 6.42 Å². The number of nitrogens with two attached hydrogens (primary N) is 1. The molecular formula is C13H20F3N3.